The van der Waals surface area contributed by atoms with Gasteiger partial charge in [-0.15, -0.1) is 0 Å². The van der Waals surface area contributed by atoms with Crippen molar-refractivity contribution in [1.82, 2.24) is 9.62 Å². The second kappa shape index (κ2) is 8.27. The first-order valence-electron chi connectivity index (χ1n) is 8.16. The summed E-state index contributed by atoms with van der Waals surface area (Å²) in [7, 11) is -2.25. The Morgan fingerprint density at radius 3 is 2.40 bits per heavy atom. The van der Waals surface area contributed by atoms with E-state index in [4.69, 9.17) is 0 Å². The van der Waals surface area contributed by atoms with E-state index in [1.165, 1.54) is 11.4 Å². The molecule has 0 spiro atoms. The van der Waals surface area contributed by atoms with Gasteiger partial charge >= 0.3 is 0 Å². The molecule has 134 valence electrons. The number of amides is 1. The Hall–Kier alpha value is -2.18. The topological polar surface area (TPSA) is 66.5 Å². The maximum absolute atomic E-state index is 13.1. The lowest BCUT2D eigenvalue weighted by Crippen LogP contribution is -2.41. The molecule has 0 unspecified atom stereocenters. The molecule has 0 aliphatic rings. The zero-order valence-corrected chi connectivity index (χ0v) is 15.6. The molecular formula is C19H24N2O3S. The molecule has 0 heterocycles. The lowest BCUT2D eigenvalue weighted by molar-refractivity contribution is -0.120. The summed E-state index contributed by atoms with van der Waals surface area (Å²) in [5.41, 5.74) is 2.57. The standard InChI is InChI=1S/C19H24N2O3S/c1-15-9-10-16(2)18(13-15)25(23,24)21(14-19(22)20-3)12-11-17-7-5-4-6-8-17/h4-10,13H,11-12,14H2,1-3H3,(H,20,22). The molecule has 1 N–H and O–H groups in total. The van der Waals surface area contributed by atoms with Gasteiger partial charge in [-0.1, -0.05) is 42.5 Å². The van der Waals surface area contributed by atoms with Gasteiger partial charge in [0.2, 0.25) is 15.9 Å². The number of hydrogen-bond donors (Lipinski definition) is 1. The molecule has 25 heavy (non-hydrogen) atoms. The molecule has 0 saturated heterocycles. The Kier molecular flexibility index (Phi) is 6.33. The highest BCUT2D eigenvalue weighted by atomic mass is 32.2. The third kappa shape index (κ3) is 4.90. The van der Waals surface area contributed by atoms with Gasteiger partial charge in [0.05, 0.1) is 11.4 Å². The van der Waals surface area contributed by atoms with E-state index in [-0.39, 0.29) is 23.9 Å². The molecule has 0 bridgehead atoms. The summed E-state index contributed by atoms with van der Waals surface area (Å²) in [5, 5.41) is 2.50. The summed E-state index contributed by atoms with van der Waals surface area (Å²) in [4.78, 5) is 12.1. The van der Waals surface area contributed by atoms with Crippen molar-refractivity contribution in [3.05, 3.63) is 65.2 Å². The number of nitrogens with zero attached hydrogens (tertiary/aromatic N) is 1. The number of rotatable bonds is 7. The minimum absolute atomic E-state index is 0.195. The fourth-order valence-corrected chi connectivity index (χ4v) is 4.25. The van der Waals surface area contributed by atoms with Crippen LogP contribution in [-0.4, -0.2) is 38.8 Å². The van der Waals surface area contributed by atoms with E-state index < -0.39 is 10.0 Å². The lowest BCUT2D eigenvalue weighted by Gasteiger charge is -2.22. The molecule has 2 aromatic carbocycles. The summed E-state index contributed by atoms with van der Waals surface area (Å²) in [5.74, 6) is -0.332. The van der Waals surface area contributed by atoms with E-state index in [2.05, 4.69) is 5.32 Å². The summed E-state index contributed by atoms with van der Waals surface area (Å²) in [6.07, 6.45) is 0.544. The number of benzene rings is 2. The quantitative estimate of drug-likeness (QED) is 0.824. The van der Waals surface area contributed by atoms with E-state index in [0.717, 1.165) is 11.1 Å². The molecular weight excluding hydrogens is 336 g/mol. The number of carbonyl (C=O) groups is 1. The summed E-state index contributed by atoms with van der Waals surface area (Å²) >= 11 is 0. The van der Waals surface area contributed by atoms with E-state index in [1.807, 2.05) is 43.3 Å². The Morgan fingerprint density at radius 1 is 1.08 bits per heavy atom. The van der Waals surface area contributed by atoms with E-state index in [9.17, 15) is 13.2 Å². The SMILES string of the molecule is CNC(=O)CN(CCc1ccccc1)S(=O)(=O)c1cc(C)ccc1C. The van der Waals surface area contributed by atoms with Gasteiger partial charge in [0.25, 0.3) is 0 Å². The van der Waals surface area contributed by atoms with E-state index >= 15 is 0 Å². The molecule has 0 saturated carbocycles. The normalized spacial score (nSPS) is 11.5. The Bertz CT molecular complexity index is 833. The lowest BCUT2D eigenvalue weighted by atomic mass is 10.1. The highest BCUT2D eigenvalue weighted by Gasteiger charge is 2.27. The maximum Gasteiger partial charge on any atom is 0.243 e. The van der Waals surface area contributed by atoms with Crippen LogP contribution >= 0.6 is 0 Å². The van der Waals surface area contributed by atoms with Gasteiger partial charge in [-0.05, 0) is 43.0 Å². The van der Waals surface area contributed by atoms with Gasteiger partial charge in [0.1, 0.15) is 0 Å². The summed E-state index contributed by atoms with van der Waals surface area (Å²) in [6, 6.07) is 15.0. The van der Waals surface area contributed by atoms with Crippen LogP contribution in [0, 0.1) is 13.8 Å². The first kappa shape index (κ1) is 19.1. The van der Waals surface area contributed by atoms with E-state index in [0.29, 0.717) is 12.0 Å². The third-order valence-electron chi connectivity index (χ3n) is 4.05. The van der Waals surface area contributed by atoms with Crippen molar-refractivity contribution in [3.8, 4) is 0 Å². The fraction of sp³-hybridized carbons (Fsp3) is 0.316. The van der Waals surface area contributed by atoms with Crippen LogP contribution in [0.25, 0.3) is 0 Å². The molecule has 1 amide bonds. The summed E-state index contributed by atoms with van der Waals surface area (Å²) in [6.45, 7) is 3.67. The van der Waals surface area contributed by atoms with Crippen molar-refractivity contribution >= 4 is 15.9 Å². The first-order valence-corrected chi connectivity index (χ1v) is 9.60. The van der Waals surface area contributed by atoms with Crippen LogP contribution in [0.15, 0.2) is 53.4 Å². The molecule has 5 nitrogen and oxygen atoms in total. The molecule has 0 aliphatic heterocycles. The van der Waals surface area contributed by atoms with Gasteiger partial charge in [0.15, 0.2) is 0 Å². The number of sulfonamides is 1. The number of likely N-dealkylation sites (N-methyl/N-ethyl adjacent to an activating group) is 1. The van der Waals surface area contributed by atoms with Gasteiger partial charge < -0.3 is 5.32 Å². The monoisotopic (exact) mass is 360 g/mol. The van der Waals surface area contributed by atoms with Gasteiger partial charge in [-0.2, -0.15) is 4.31 Å². The van der Waals surface area contributed by atoms with Crippen LogP contribution in [0.2, 0.25) is 0 Å². The van der Waals surface area contributed by atoms with Crippen molar-refractivity contribution in [2.75, 3.05) is 20.1 Å². The molecule has 0 aromatic heterocycles. The molecule has 2 rings (SSSR count). The van der Waals surface area contributed by atoms with Crippen LogP contribution < -0.4 is 5.32 Å². The van der Waals surface area contributed by atoms with Crippen LogP contribution in [-0.2, 0) is 21.2 Å². The minimum Gasteiger partial charge on any atom is -0.358 e. The van der Waals surface area contributed by atoms with E-state index in [1.54, 1.807) is 19.1 Å². The van der Waals surface area contributed by atoms with Crippen LogP contribution in [0.5, 0.6) is 0 Å². The molecule has 0 atom stereocenters. The average molecular weight is 360 g/mol. The predicted molar refractivity (Wildman–Crippen MR) is 98.9 cm³/mol. The van der Waals surface area contributed by atoms with Crippen molar-refractivity contribution in [2.45, 2.75) is 25.2 Å². The van der Waals surface area contributed by atoms with Gasteiger partial charge in [-0.3, -0.25) is 4.79 Å². The minimum atomic E-state index is -3.76. The number of carbonyl (C=O) groups excluding carboxylic acids is 1. The maximum atomic E-state index is 13.1. The number of hydrogen-bond acceptors (Lipinski definition) is 3. The molecule has 0 radical (unpaired) electrons. The smallest absolute Gasteiger partial charge is 0.243 e. The molecule has 2 aromatic rings. The van der Waals surface area contributed by atoms with Crippen molar-refractivity contribution in [3.63, 3.8) is 0 Å². The van der Waals surface area contributed by atoms with Crippen LogP contribution in [0.1, 0.15) is 16.7 Å². The number of nitrogens with one attached hydrogen (secondary N) is 1. The van der Waals surface area contributed by atoms with Gasteiger partial charge in [0, 0.05) is 13.6 Å². The Balaban J connectivity index is 2.32. The highest BCUT2D eigenvalue weighted by molar-refractivity contribution is 7.89. The largest absolute Gasteiger partial charge is 0.358 e. The highest BCUT2D eigenvalue weighted by Crippen LogP contribution is 2.21. The second-order valence-corrected chi connectivity index (χ2v) is 7.92. The zero-order valence-electron chi connectivity index (χ0n) is 14.8. The van der Waals surface area contributed by atoms with Crippen molar-refractivity contribution < 1.29 is 13.2 Å². The number of aryl methyl sites for hydroxylation is 2. The van der Waals surface area contributed by atoms with Crippen LogP contribution in [0.4, 0.5) is 0 Å². The van der Waals surface area contributed by atoms with Gasteiger partial charge in [-0.25, -0.2) is 8.42 Å². The zero-order chi connectivity index (χ0) is 18.4. The molecule has 0 fully saturated rings. The second-order valence-electron chi connectivity index (χ2n) is 6.02. The molecule has 6 heteroatoms. The predicted octanol–water partition coefficient (Wildman–Crippen LogP) is 2.28. The Labute approximate surface area is 149 Å². The summed E-state index contributed by atoms with van der Waals surface area (Å²) < 4.78 is 27.5. The van der Waals surface area contributed by atoms with Crippen LogP contribution in [0.3, 0.4) is 0 Å². The first-order chi connectivity index (χ1) is 11.8. The fourth-order valence-electron chi connectivity index (χ4n) is 2.55. The third-order valence-corrected chi connectivity index (χ3v) is 6.04. The Morgan fingerprint density at radius 2 is 1.76 bits per heavy atom. The van der Waals surface area contributed by atoms with Crippen molar-refractivity contribution in [1.29, 1.82) is 0 Å². The van der Waals surface area contributed by atoms with Crippen molar-refractivity contribution in [2.24, 2.45) is 0 Å². The molecule has 0 aliphatic carbocycles. The average Bonchev–Trinajstić information content (AvgIpc) is 2.61.